The number of nitro groups is 3. The Morgan fingerprint density at radius 3 is 1.01 bits per heavy atom. The van der Waals surface area contributed by atoms with E-state index in [-0.39, 0.29) is 115 Å². The number of hydrogen-bond acceptors (Lipinski definition) is 35. The molecule has 0 bridgehead atoms. The van der Waals surface area contributed by atoms with Gasteiger partial charge < -0.3 is 144 Å². The topological polar surface area (TPSA) is 648 Å². The molecule has 0 spiro atoms. The smallest absolute Gasteiger partial charge is 0.451 e. The number of carbonyl (C=O) groups excluding carboxylic acids is 7. The molecule has 786 valence electrons. The summed E-state index contributed by atoms with van der Waals surface area (Å²) in [5, 5.41) is 159. The molecule has 0 unspecified atom stereocenters. The van der Waals surface area contributed by atoms with Crippen molar-refractivity contribution >= 4 is 183 Å². The average molecular weight is 2070 g/mol. The van der Waals surface area contributed by atoms with Crippen molar-refractivity contribution in [1.82, 2.24) is 0 Å². The number of amides is 7. The standard InChI is InChI=1S/C14H20BNO4.C13H16BClN2O6.C13H17BClNO4.2C13H17BN2O6.C13H19BN2O4.C13H19BN2O3/c1-11-5-6-13-12(9-11)16(14(17)10-20-13)8-4-2-3-7-15(18)19;15-9-6-11-12(7-10(9)17(21)22)23-8-13(18)16(11)5-3-1-2-4-14(19)20;15-10-4-5-12-11(8-10)16(13(17)9-20-12)7-3-1-2-6-14(18)19;17-13-9-22-12-5-4-10(16(20)21)8-11(12)15(13)7-3-1-2-6-14(18)19;17-13-9-22-12-8-10(16(20)21)4-5-11(12)15(13)7-3-1-2-6-14(18)19;15-10-4-5-11-12(8-10)20-9-13(17)16(11)7-3-1-2-6-14(18)19;17-13-10-16(9-5-1-4-8-14(18)19)12-7-3-2-6-11(12)15-13/h5-6,9,18-19H,2-4,7-8,10H2,1H3;6-7,19-20H,1-5,8H2;4-5,8,18-19H,1-3,6-7,9H2;2*4-5,8,18-19H,1-3,6-7,9H2;4-5,8,18-19H,1-3,6-7,9,15H2;2-3,6-7,18-19H,1,4-5,8-10H2,(H,15,17). The number of hydrogen-bond donors (Lipinski definition) is 16. The molecule has 7 aliphatic rings. The number of anilines is 9. The predicted octanol–water partition coefficient (Wildman–Crippen LogP) is 8.34. The van der Waals surface area contributed by atoms with Crippen LogP contribution in [0.3, 0.4) is 0 Å². The Kier molecular flexibility index (Phi) is 50.7. The molecule has 0 aliphatic carbocycles. The minimum atomic E-state index is -1.32. The lowest BCUT2D eigenvalue weighted by Crippen LogP contribution is -2.39. The molecule has 0 saturated heterocycles. The predicted molar refractivity (Wildman–Crippen MR) is 554 cm³/mol. The third kappa shape index (κ3) is 39.9. The van der Waals surface area contributed by atoms with Gasteiger partial charge in [-0.1, -0.05) is 131 Å². The molecule has 7 aromatic carbocycles. The van der Waals surface area contributed by atoms with Gasteiger partial charge in [0.1, 0.15) is 28.0 Å². The van der Waals surface area contributed by atoms with Gasteiger partial charge in [-0.15, -0.1) is 0 Å². The quantitative estimate of drug-likeness (QED) is 0.00560. The fraction of sp³-hybridized carbons (Fsp3) is 0.467. The molecule has 0 radical (unpaired) electrons. The summed E-state index contributed by atoms with van der Waals surface area (Å²) < 4.78 is 31.9. The highest BCUT2D eigenvalue weighted by molar-refractivity contribution is 6.43. The van der Waals surface area contributed by atoms with Crippen LogP contribution < -0.4 is 73.8 Å². The van der Waals surface area contributed by atoms with Gasteiger partial charge in [0.2, 0.25) is 5.91 Å². The van der Waals surface area contributed by atoms with Crippen molar-refractivity contribution in [2.24, 2.45) is 0 Å². The lowest BCUT2D eigenvalue weighted by molar-refractivity contribution is -0.385. The van der Waals surface area contributed by atoms with E-state index in [2.05, 4.69) is 10.2 Å². The number of unbranched alkanes of at least 4 members (excludes halogenated alkanes) is 14. The maximum Gasteiger partial charge on any atom is 0.451 e. The zero-order chi connectivity index (χ0) is 106. The van der Waals surface area contributed by atoms with Crippen molar-refractivity contribution in [3.8, 4) is 34.5 Å². The Bertz CT molecular complexity index is 5360. The number of nitrogens with zero attached hydrogens (tertiary/aromatic N) is 10. The normalized spacial score (nSPS) is 13.8. The third-order valence-corrected chi connectivity index (χ3v) is 24.1. The van der Waals surface area contributed by atoms with Crippen molar-refractivity contribution in [2.45, 2.75) is 186 Å². The monoisotopic (exact) mass is 2070 g/mol. The van der Waals surface area contributed by atoms with Crippen LogP contribution in [0, 0.1) is 37.3 Å². The van der Waals surface area contributed by atoms with Gasteiger partial charge in [0.05, 0.1) is 78.9 Å². The lowest BCUT2D eigenvalue weighted by Gasteiger charge is -2.30. The number of nitrogens with one attached hydrogen (secondary N) is 1. The van der Waals surface area contributed by atoms with Gasteiger partial charge in [0.15, 0.2) is 51.1 Å². The summed E-state index contributed by atoms with van der Waals surface area (Å²) in [6.07, 6.45) is 18.4. The fourth-order valence-corrected chi connectivity index (χ4v) is 16.5. The summed E-state index contributed by atoms with van der Waals surface area (Å²) in [4.78, 5) is 126. The molecule has 0 aromatic heterocycles. The highest BCUT2D eigenvalue weighted by atomic mass is 35.5. The molecule has 7 amide bonds. The molecule has 17 N–H and O–H groups in total. The van der Waals surface area contributed by atoms with Crippen molar-refractivity contribution in [3.05, 3.63) is 173 Å². The Morgan fingerprint density at radius 2 is 0.630 bits per heavy atom. The van der Waals surface area contributed by atoms with Crippen molar-refractivity contribution in [3.63, 3.8) is 0 Å². The van der Waals surface area contributed by atoms with E-state index in [9.17, 15) is 63.9 Å². The second-order valence-corrected chi connectivity index (χ2v) is 35.8. The maximum absolute atomic E-state index is 12.0. The van der Waals surface area contributed by atoms with Crippen LogP contribution in [0.2, 0.25) is 54.3 Å². The minimum Gasteiger partial charge on any atom is -0.482 e. The highest BCUT2D eigenvalue weighted by Crippen LogP contribution is 2.43. The third-order valence-electron chi connectivity index (χ3n) is 23.5. The minimum absolute atomic E-state index is 0.0180. The summed E-state index contributed by atoms with van der Waals surface area (Å²) in [5.74, 6) is 2.27. The molecule has 7 heterocycles. The summed E-state index contributed by atoms with van der Waals surface area (Å²) in [6, 6.07) is 35.0. The number of non-ortho nitro benzene ring substituents is 2. The molecule has 14 rings (SSSR count). The van der Waals surface area contributed by atoms with Gasteiger partial charge in [0.25, 0.3) is 52.5 Å². The van der Waals surface area contributed by atoms with Gasteiger partial charge in [0, 0.05) is 80.8 Å². The van der Waals surface area contributed by atoms with E-state index < -0.39 is 64.6 Å². The molecule has 7 aliphatic heterocycles. The fourth-order valence-electron chi connectivity index (χ4n) is 16.1. The van der Waals surface area contributed by atoms with Crippen LogP contribution >= 0.6 is 23.2 Å². The SMILES string of the molecule is Cc1ccc2c(c1)N(CCCCCB(O)O)C(=O)CO2.Nc1ccc2c(c1)OCC(=O)N2CCCCCB(O)O.O=C1CN(CCCCCB(O)O)c2ccccc2N1.O=C1COc2cc([N+](=O)[O-])c(Cl)cc2N1CCCCCB(O)O.O=C1COc2cc([N+](=O)[O-])ccc2N1CCCCCB(O)O.O=C1COc2ccc(Cl)cc2N1CCCCCB(O)O.O=C1COc2ccc([N+](=O)[O-])cc2N1CCCCCB(O)O. The van der Waals surface area contributed by atoms with E-state index in [1.54, 1.807) is 56.0 Å². The van der Waals surface area contributed by atoms with Gasteiger partial charge >= 0.3 is 49.8 Å². The second kappa shape index (κ2) is 62.1. The van der Waals surface area contributed by atoms with Crippen molar-refractivity contribution < 1.29 is 147 Å². The van der Waals surface area contributed by atoms with Gasteiger partial charge in [-0.3, -0.25) is 63.9 Å². The van der Waals surface area contributed by atoms with Crippen molar-refractivity contribution in [2.75, 3.05) is 137 Å². The average Bonchev–Trinajstić information content (AvgIpc) is 0.776. The van der Waals surface area contributed by atoms with Crippen LogP contribution in [0.25, 0.3) is 0 Å². The van der Waals surface area contributed by atoms with Gasteiger partial charge in [-0.25, -0.2) is 0 Å². The molecule has 0 fully saturated rings. The maximum atomic E-state index is 12.0. The van der Waals surface area contributed by atoms with Crippen LogP contribution in [0.4, 0.5) is 68.2 Å². The van der Waals surface area contributed by atoms with Crippen LogP contribution in [0.1, 0.15) is 140 Å². The number of halogens is 2. The van der Waals surface area contributed by atoms with Crippen LogP contribution in [0.15, 0.2) is 127 Å². The van der Waals surface area contributed by atoms with E-state index in [4.69, 9.17) is 128 Å². The molecule has 0 atom stereocenters. The number of nitrogens with two attached hydrogens (primary N) is 1. The number of nitrogen functional groups attached to an aromatic ring is 1. The molecule has 45 nitrogen and oxygen atoms in total. The van der Waals surface area contributed by atoms with Gasteiger partial charge in [-0.05, 0) is 174 Å². The van der Waals surface area contributed by atoms with E-state index in [1.807, 2.05) is 49.4 Å². The number of benzene rings is 7. The Labute approximate surface area is 856 Å². The zero-order valence-corrected chi connectivity index (χ0v) is 82.7. The number of carbonyl (C=O) groups is 7. The number of aryl methyl sites for hydroxylation is 1. The van der Waals surface area contributed by atoms with E-state index in [0.29, 0.717) is 179 Å². The molecule has 146 heavy (non-hydrogen) atoms. The summed E-state index contributed by atoms with van der Waals surface area (Å²) >= 11 is 11.9. The highest BCUT2D eigenvalue weighted by Gasteiger charge is 2.35. The first kappa shape index (κ1) is 119. The van der Waals surface area contributed by atoms with Crippen molar-refractivity contribution in [1.29, 1.82) is 0 Å². The van der Waals surface area contributed by atoms with Gasteiger partial charge in [-0.2, -0.15) is 0 Å². The van der Waals surface area contributed by atoms with E-state index in [0.717, 1.165) is 137 Å². The number of ether oxygens (including phenoxy) is 6. The van der Waals surface area contributed by atoms with E-state index >= 15 is 0 Å². The van der Waals surface area contributed by atoms with E-state index in [1.165, 1.54) is 58.3 Å². The lowest BCUT2D eigenvalue weighted by atomic mass is 9.83. The number of para-hydroxylation sites is 2. The first-order chi connectivity index (χ1) is 69.8. The largest absolute Gasteiger partial charge is 0.482 e. The zero-order valence-electron chi connectivity index (χ0n) is 81.2. The first-order valence-electron chi connectivity index (χ1n) is 48.4. The summed E-state index contributed by atoms with van der Waals surface area (Å²) in [6.45, 7) is 6.06. The number of fused-ring (bicyclic) bond motifs is 7. The molecule has 7 aromatic rings. The van der Waals surface area contributed by atoms with Crippen LogP contribution in [-0.2, 0) is 33.6 Å². The molecule has 0 saturated carbocycles. The van der Waals surface area contributed by atoms with Crippen LogP contribution in [-0.4, -0.2) is 268 Å². The number of rotatable bonds is 45. The first-order valence-corrected chi connectivity index (χ1v) is 49.1. The molecular formula is C92H125B7Cl2N12O33. The number of nitro benzene ring substituents is 3. The second-order valence-electron chi connectivity index (χ2n) is 35.0. The molecule has 54 heteroatoms. The summed E-state index contributed by atoms with van der Waals surface area (Å²) in [5.41, 5.74) is 12.5. The Morgan fingerprint density at radius 1 is 0.322 bits per heavy atom. The Hall–Kier alpha value is -12.1. The summed E-state index contributed by atoms with van der Waals surface area (Å²) in [7, 11) is -8.87. The van der Waals surface area contributed by atoms with Crippen LogP contribution in [0.5, 0.6) is 34.5 Å². The molecular weight excluding hydrogens is 1950 g/mol. The Balaban J connectivity index is 0.000000208.